The molecule has 0 radical (unpaired) electrons. The highest BCUT2D eigenvalue weighted by molar-refractivity contribution is 5.59. The number of furan rings is 1. The van der Waals surface area contributed by atoms with Gasteiger partial charge in [-0.25, -0.2) is 0 Å². The van der Waals surface area contributed by atoms with Gasteiger partial charge in [0, 0.05) is 11.1 Å². The Hall–Kier alpha value is -1.75. The highest BCUT2D eigenvalue weighted by Crippen LogP contribution is 2.34. The van der Waals surface area contributed by atoms with Crippen LogP contribution in [0.25, 0.3) is 11.3 Å². The Bertz CT molecular complexity index is 624. The van der Waals surface area contributed by atoms with Crippen LogP contribution in [0.3, 0.4) is 0 Å². The standard InChI is InChI=1S/C17H19F3O2/c1-10(2)8-15(21)14-9-16(22-11(14)3)12-4-6-13(7-5-12)17(18,19)20/h4-7,9-10,15,21H,8H2,1-3H3. The van der Waals surface area contributed by atoms with Gasteiger partial charge in [0.15, 0.2) is 0 Å². The van der Waals surface area contributed by atoms with Crippen molar-refractivity contribution in [2.45, 2.75) is 39.5 Å². The number of aliphatic hydroxyl groups is 1. The van der Waals surface area contributed by atoms with E-state index in [9.17, 15) is 18.3 Å². The van der Waals surface area contributed by atoms with Crippen LogP contribution in [-0.2, 0) is 6.18 Å². The second kappa shape index (κ2) is 6.16. The zero-order valence-corrected chi connectivity index (χ0v) is 12.7. The fourth-order valence-corrected chi connectivity index (χ4v) is 2.37. The van der Waals surface area contributed by atoms with Crippen molar-refractivity contribution in [3.8, 4) is 11.3 Å². The zero-order valence-electron chi connectivity index (χ0n) is 12.7. The molecule has 0 aliphatic carbocycles. The summed E-state index contributed by atoms with van der Waals surface area (Å²) >= 11 is 0. The minimum atomic E-state index is -4.35. The number of hydrogen-bond acceptors (Lipinski definition) is 2. The van der Waals surface area contributed by atoms with Crippen molar-refractivity contribution in [2.75, 3.05) is 0 Å². The Morgan fingerprint density at radius 2 is 1.73 bits per heavy atom. The quantitative estimate of drug-likeness (QED) is 0.825. The monoisotopic (exact) mass is 312 g/mol. The fraction of sp³-hybridized carbons (Fsp3) is 0.412. The third-order valence-electron chi connectivity index (χ3n) is 3.51. The van der Waals surface area contributed by atoms with Crippen molar-refractivity contribution in [1.82, 2.24) is 0 Å². The molecule has 1 aromatic carbocycles. The van der Waals surface area contributed by atoms with E-state index >= 15 is 0 Å². The molecule has 0 fully saturated rings. The van der Waals surface area contributed by atoms with Crippen LogP contribution in [0.4, 0.5) is 13.2 Å². The number of rotatable bonds is 4. The van der Waals surface area contributed by atoms with Crippen LogP contribution < -0.4 is 0 Å². The topological polar surface area (TPSA) is 33.4 Å². The molecule has 0 spiro atoms. The lowest BCUT2D eigenvalue weighted by molar-refractivity contribution is -0.137. The molecule has 2 rings (SSSR count). The fourth-order valence-electron chi connectivity index (χ4n) is 2.37. The highest BCUT2D eigenvalue weighted by Gasteiger charge is 2.30. The molecule has 1 heterocycles. The first kappa shape index (κ1) is 16.6. The summed E-state index contributed by atoms with van der Waals surface area (Å²) in [5.74, 6) is 1.38. The van der Waals surface area contributed by atoms with Crippen LogP contribution in [0.1, 0.15) is 43.3 Å². The summed E-state index contributed by atoms with van der Waals surface area (Å²) in [6, 6.07) is 6.50. The Labute approximate surface area is 127 Å². The molecule has 1 aromatic heterocycles. The van der Waals surface area contributed by atoms with E-state index in [1.54, 1.807) is 13.0 Å². The smallest absolute Gasteiger partial charge is 0.416 e. The second-order valence-electron chi connectivity index (χ2n) is 5.84. The molecule has 22 heavy (non-hydrogen) atoms. The third kappa shape index (κ3) is 3.71. The number of alkyl halides is 3. The lowest BCUT2D eigenvalue weighted by Crippen LogP contribution is -2.03. The summed E-state index contributed by atoms with van der Waals surface area (Å²) in [6.07, 6.45) is -4.38. The number of aryl methyl sites for hydroxylation is 1. The van der Waals surface area contributed by atoms with Crippen LogP contribution >= 0.6 is 0 Å². The van der Waals surface area contributed by atoms with Gasteiger partial charge in [-0.3, -0.25) is 0 Å². The first-order valence-electron chi connectivity index (χ1n) is 7.14. The largest absolute Gasteiger partial charge is 0.461 e. The van der Waals surface area contributed by atoms with Gasteiger partial charge in [0.05, 0.1) is 11.7 Å². The number of halogens is 3. The van der Waals surface area contributed by atoms with Gasteiger partial charge >= 0.3 is 6.18 Å². The van der Waals surface area contributed by atoms with E-state index in [1.807, 2.05) is 13.8 Å². The molecule has 0 aliphatic rings. The molecule has 5 heteroatoms. The lowest BCUT2D eigenvalue weighted by atomic mass is 9.99. The van der Waals surface area contributed by atoms with Crippen LogP contribution in [0.15, 0.2) is 34.7 Å². The molecule has 0 saturated carbocycles. The lowest BCUT2D eigenvalue weighted by Gasteiger charge is -2.11. The Morgan fingerprint density at radius 3 is 2.23 bits per heavy atom. The molecule has 0 saturated heterocycles. The van der Waals surface area contributed by atoms with Gasteiger partial charge in [-0.15, -0.1) is 0 Å². The number of hydrogen-bond donors (Lipinski definition) is 1. The number of aliphatic hydroxyl groups excluding tert-OH is 1. The molecular weight excluding hydrogens is 293 g/mol. The maximum atomic E-state index is 12.6. The predicted octanol–water partition coefficient (Wildman–Crippen LogP) is 5.35. The first-order chi connectivity index (χ1) is 10.2. The molecule has 2 aromatic rings. The summed E-state index contributed by atoms with van der Waals surface area (Å²) in [7, 11) is 0. The Morgan fingerprint density at radius 1 is 1.14 bits per heavy atom. The maximum absolute atomic E-state index is 12.6. The minimum absolute atomic E-state index is 0.332. The molecule has 1 atom stereocenters. The Kier molecular flexibility index (Phi) is 4.66. The molecule has 0 amide bonds. The van der Waals surface area contributed by atoms with E-state index in [0.29, 0.717) is 35.0 Å². The summed E-state index contributed by atoms with van der Waals surface area (Å²) < 4.78 is 43.3. The summed E-state index contributed by atoms with van der Waals surface area (Å²) in [6.45, 7) is 5.76. The molecular formula is C17H19F3O2. The molecule has 0 bridgehead atoms. The Balaban J connectivity index is 2.27. The van der Waals surface area contributed by atoms with Crippen molar-refractivity contribution < 1.29 is 22.7 Å². The van der Waals surface area contributed by atoms with E-state index in [-0.39, 0.29) is 0 Å². The first-order valence-corrected chi connectivity index (χ1v) is 7.14. The SMILES string of the molecule is Cc1oc(-c2ccc(C(F)(F)F)cc2)cc1C(O)CC(C)C. The normalized spacial score (nSPS) is 13.6. The predicted molar refractivity (Wildman–Crippen MR) is 78.3 cm³/mol. The van der Waals surface area contributed by atoms with Crippen molar-refractivity contribution in [2.24, 2.45) is 5.92 Å². The summed E-state index contributed by atoms with van der Waals surface area (Å²) in [5, 5.41) is 10.2. The van der Waals surface area contributed by atoms with Crippen molar-refractivity contribution in [1.29, 1.82) is 0 Å². The van der Waals surface area contributed by atoms with Gasteiger partial charge in [0.2, 0.25) is 0 Å². The summed E-state index contributed by atoms with van der Waals surface area (Å²) in [5.41, 5.74) is 0.544. The van der Waals surface area contributed by atoms with Gasteiger partial charge in [-0.1, -0.05) is 26.0 Å². The number of benzene rings is 1. The van der Waals surface area contributed by atoms with E-state index in [4.69, 9.17) is 4.42 Å². The average Bonchev–Trinajstić information content (AvgIpc) is 2.79. The van der Waals surface area contributed by atoms with Crippen LogP contribution in [0.5, 0.6) is 0 Å². The summed E-state index contributed by atoms with van der Waals surface area (Å²) in [4.78, 5) is 0. The molecule has 1 N–H and O–H groups in total. The van der Waals surface area contributed by atoms with Crippen LogP contribution in [0.2, 0.25) is 0 Å². The minimum Gasteiger partial charge on any atom is -0.461 e. The molecule has 0 aliphatic heterocycles. The van der Waals surface area contributed by atoms with E-state index < -0.39 is 17.8 Å². The van der Waals surface area contributed by atoms with Crippen molar-refractivity contribution in [3.05, 3.63) is 47.2 Å². The van der Waals surface area contributed by atoms with Gasteiger partial charge in [-0.2, -0.15) is 13.2 Å². The van der Waals surface area contributed by atoms with E-state index in [1.165, 1.54) is 12.1 Å². The highest BCUT2D eigenvalue weighted by atomic mass is 19.4. The van der Waals surface area contributed by atoms with Gasteiger partial charge in [0.25, 0.3) is 0 Å². The van der Waals surface area contributed by atoms with Gasteiger partial charge < -0.3 is 9.52 Å². The van der Waals surface area contributed by atoms with Crippen molar-refractivity contribution >= 4 is 0 Å². The molecule has 2 nitrogen and oxygen atoms in total. The van der Waals surface area contributed by atoms with Gasteiger partial charge in [-0.05, 0) is 37.5 Å². The molecule has 120 valence electrons. The van der Waals surface area contributed by atoms with E-state index in [2.05, 4.69) is 0 Å². The van der Waals surface area contributed by atoms with Crippen LogP contribution in [0, 0.1) is 12.8 Å². The third-order valence-corrected chi connectivity index (χ3v) is 3.51. The zero-order chi connectivity index (χ0) is 16.5. The maximum Gasteiger partial charge on any atom is 0.416 e. The average molecular weight is 312 g/mol. The second-order valence-corrected chi connectivity index (χ2v) is 5.84. The molecule has 1 unspecified atom stereocenters. The van der Waals surface area contributed by atoms with Crippen molar-refractivity contribution in [3.63, 3.8) is 0 Å². The van der Waals surface area contributed by atoms with E-state index in [0.717, 1.165) is 12.1 Å². The van der Waals surface area contributed by atoms with Crippen LogP contribution in [-0.4, -0.2) is 5.11 Å². The van der Waals surface area contributed by atoms with Gasteiger partial charge in [0.1, 0.15) is 11.5 Å².